The van der Waals surface area contributed by atoms with Gasteiger partial charge in [-0.3, -0.25) is 4.79 Å². The third kappa shape index (κ3) is 6.67. The lowest BCUT2D eigenvalue weighted by molar-refractivity contribution is -0.336. The van der Waals surface area contributed by atoms with Gasteiger partial charge in [-0.25, -0.2) is 0 Å². The lowest BCUT2D eigenvalue weighted by atomic mass is 9.78. The first-order valence-corrected chi connectivity index (χ1v) is 18.1. The highest BCUT2D eigenvalue weighted by Gasteiger charge is 2.62. The summed E-state index contributed by atoms with van der Waals surface area (Å²) >= 11 is 0. The molecule has 1 spiro atoms. The van der Waals surface area contributed by atoms with E-state index < -0.39 is 59.6 Å². The molecule has 4 N–H and O–H groups in total. The minimum absolute atomic E-state index is 0.153. The van der Waals surface area contributed by atoms with Gasteiger partial charge in [0.1, 0.15) is 0 Å². The van der Waals surface area contributed by atoms with Gasteiger partial charge in [0.2, 0.25) is 0 Å². The second-order valence-electron chi connectivity index (χ2n) is 16.3. The number of carboxylic acids is 1. The van der Waals surface area contributed by atoms with Crippen molar-refractivity contribution in [3.05, 3.63) is 0 Å². The quantitative estimate of drug-likeness (QED) is 0.264. The van der Waals surface area contributed by atoms with Gasteiger partial charge >= 0.3 is 5.97 Å². The Kier molecular flexibility index (Phi) is 10.9. The van der Waals surface area contributed by atoms with Crippen LogP contribution in [0.15, 0.2) is 0 Å². The molecule has 17 atom stereocenters. The number of aliphatic hydroxyl groups excluding tert-OH is 2. The SMILES string of the molecule is CCC1(C2OC(C3OC(O)(CO)C(C)CC3C)CC2C)CCC(C2(C)CCC3(CC(O)C(C)C(C(C)C(OC)C(C)C(=O)O)O3)O2)O1. The summed E-state index contributed by atoms with van der Waals surface area (Å²) in [5.41, 5.74) is -1.15. The molecule has 0 aromatic rings. The van der Waals surface area contributed by atoms with Crippen LogP contribution in [0.2, 0.25) is 0 Å². The summed E-state index contributed by atoms with van der Waals surface area (Å²) in [7, 11) is 1.52. The molecule has 5 fully saturated rings. The Hall–Kier alpha value is -0.890. The van der Waals surface area contributed by atoms with E-state index in [2.05, 4.69) is 27.7 Å². The highest BCUT2D eigenvalue weighted by Crippen LogP contribution is 2.55. The van der Waals surface area contributed by atoms with E-state index in [9.17, 15) is 25.2 Å². The molecule has 11 nitrogen and oxygen atoms in total. The third-order valence-corrected chi connectivity index (χ3v) is 13.0. The predicted molar refractivity (Wildman–Crippen MR) is 172 cm³/mol. The Morgan fingerprint density at radius 3 is 2.34 bits per heavy atom. The summed E-state index contributed by atoms with van der Waals surface area (Å²) in [6.45, 7) is 15.6. The first kappa shape index (κ1) is 37.4. The van der Waals surface area contributed by atoms with Crippen LogP contribution < -0.4 is 0 Å². The molecule has 272 valence electrons. The van der Waals surface area contributed by atoms with Crippen molar-refractivity contribution in [3.63, 3.8) is 0 Å². The summed E-state index contributed by atoms with van der Waals surface area (Å²) in [4.78, 5) is 11.8. The van der Waals surface area contributed by atoms with Crippen LogP contribution in [0.25, 0.3) is 0 Å². The third-order valence-electron chi connectivity index (χ3n) is 13.0. The topological polar surface area (TPSA) is 153 Å². The summed E-state index contributed by atoms with van der Waals surface area (Å²) < 4.78 is 39.4. The van der Waals surface area contributed by atoms with Gasteiger partial charge in [-0.05, 0) is 64.2 Å². The van der Waals surface area contributed by atoms with Gasteiger partial charge in [-0.1, -0.05) is 41.5 Å². The van der Waals surface area contributed by atoms with E-state index in [1.165, 1.54) is 7.11 Å². The van der Waals surface area contributed by atoms with Crippen molar-refractivity contribution >= 4 is 5.97 Å². The molecular formula is C36H62O11. The summed E-state index contributed by atoms with van der Waals surface area (Å²) in [5.74, 6) is -4.52. The number of carbonyl (C=O) groups is 1. The van der Waals surface area contributed by atoms with Gasteiger partial charge in [0, 0.05) is 37.7 Å². The molecule has 5 aliphatic rings. The first-order chi connectivity index (χ1) is 22.0. The van der Waals surface area contributed by atoms with Crippen molar-refractivity contribution in [2.45, 2.75) is 172 Å². The maximum Gasteiger partial charge on any atom is 0.308 e. The zero-order valence-corrected chi connectivity index (χ0v) is 30.0. The average molecular weight is 671 g/mol. The monoisotopic (exact) mass is 670 g/mol. The smallest absolute Gasteiger partial charge is 0.308 e. The fraction of sp³-hybridized carbons (Fsp3) is 0.972. The molecule has 5 aliphatic heterocycles. The Labute approximate surface area is 281 Å². The Balaban J connectivity index is 1.29. The van der Waals surface area contributed by atoms with Crippen molar-refractivity contribution in [2.24, 2.45) is 35.5 Å². The van der Waals surface area contributed by atoms with Crippen LogP contribution in [-0.2, 0) is 33.2 Å². The van der Waals surface area contributed by atoms with Crippen LogP contribution >= 0.6 is 0 Å². The maximum absolute atomic E-state index is 11.8. The van der Waals surface area contributed by atoms with Crippen molar-refractivity contribution in [1.82, 2.24) is 0 Å². The normalized spacial score (nSPS) is 50.9. The zero-order chi connectivity index (χ0) is 34.7. The maximum atomic E-state index is 11.8. The Morgan fingerprint density at radius 1 is 1.02 bits per heavy atom. The largest absolute Gasteiger partial charge is 0.481 e. The number of aliphatic hydroxyl groups is 3. The van der Waals surface area contributed by atoms with Crippen LogP contribution in [-0.4, -0.2) is 106 Å². The summed E-state index contributed by atoms with van der Waals surface area (Å²) in [6.07, 6.45) is 2.99. The number of hydrogen-bond donors (Lipinski definition) is 4. The minimum Gasteiger partial charge on any atom is -0.481 e. The fourth-order valence-corrected chi connectivity index (χ4v) is 9.91. The second kappa shape index (κ2) is 13.7. The lowest BCUT2D eigenvalue weighted by Crippen LogP contribution is -2.57. The van der Waals surface area contributed by atoms with Gasteiger partial charge in [0.15, 0.2) is 11.6 Å². The highest BCUT2D eigenvalue weighted by atomic mass is 16.7. The summed E-state index contributed by atoms with van der Waals surface area (Å²) in [6, 6.07) is 0. The average Bonchev–Trinajstić information content (AvgIpc) is 3.73. The summed E-state index contributed by atoms with van der Waals surface area (Å²) in [5, 5.41) is 41.8. The van der Waals surface area contributed by atoms with E-state index in [-0.39, 0.29) is 54.0 Å². The molecule has 0 saturated carbocycles. The molecule has 0 bridgehead atoms. The molecule has 5 heterocycles. The molecule has 5 rings (SSSR count). The van der Waals surface area contributed by atoms with E-state index in [1.54, 1.807) is 6.92 Å². The predicted octanol–water partition coefficient (Wildman–Crippen LogP) is 4.27. The van der Waals surface area contributed by atoms with E-state index in [4.69, 9.17) is 28.4 Å². The van der Waals surface area contributed by atoms with Crippen LogP contribution in [0.5, 0.6) is 0 Å². The minimum atomic E-state index is -1.56. The molecule has 0 aliphatic carbocycles. The Bertz CT molecular complexity index is 1110. The lowest BCUT2D eigenvalue weighted by Gasteiger charge is -2.49. The van der Waals surface area contributed by atoms with Gasteiger partial charge < -0.3 is 48.8 Å². The fourth-order valence-electron chi connectivity index (χ4n) is 9.91. The van der Waals surface area contributed by atoms with Crippen molar-refractivity contribution in [3.8, 4) is 0 Å². The highest BCUT2D eigenvalue weighted by molar-refractivity contribution is 5.70. The van der Waals surface area contributed by atoms with Gasteiger partial charge in [0.25, 0.3) is 0 Å². The van der Waals surface area contributed by atoms with Gasteiger partial charge in [-0.2, -0.15) is 0 Å². The van der Waals surface area contributed by atoms with E-state index in [0.29, 0.717) is 19.3 Å². The second-order valence-corrected chi connectivity index (χ2v) is 16.3. The van der Waals surface area contributed by atoms with E-state index in [1.807, 2.05) is 20.8 Å². The van der Waals surface area contributed by atoms with Gasteiger partial charge in [0.05, 0.1) is 66.5 Å². The van der Waals surface area contributed by atoms with Crippen molar-refractivity contribution in [1.29, 1.82) is 0 Å². The molecule has 5 saturated heterocycles. The van der Waals surface area contributed by atoms with Crippen molar-refractivity contribution < 1.29 is 53.6 Å². The van der Waals surface area contributed by atoms with E-state index in [0.717, 1.165) is 32.1 Å². The molecule has 0 radical (unpaired) electrons. The van der Waals surface area contributed by atoms with Crippen molar-refractivity contribution in [2.75, 3.05) is 13.7 Å². The van der Waals surface area contributed by atoms with Crippen LogP contribution in [0.1, 0.15) is 107 Å². The number of carboxylic acid groups (broad SMARTS) is 1. The molecule has 47 heavy (non-hydrogen) atoms. The molecular weight excluding hydrogens is 608 g/mol. The van der Waals surface area contributed by atoms with E-state index >= 15 is 0 Å². The van der Waals surface area contributed by atoms with Crippen LogP contribution in [0, 0.1) is 35.5 Å². The standard InChI is InChI=1S/C36H62O11/c1-10-34(31-20(3)16-26(43-31)28-19(2)15-21(4)36(41,18-37)46-28)12-11-27(44-34)33(8)13-14-35(47-33)17-25(38)22(5)30(45-35)23(6)29(42-9)24(7)32(39)40/h19-31,37-38,41H,10-18H2,1-9H3,(H,39,40). The molecule has 11 heteroatoms. The zero-order valence-electron chi connectivity index (χ0n) is 30.0. The Morgan fingerprint density at radius 2 is 1.72 bits per heavy atom. The van der Waals surface area contributed by atoms with Gasteiger partial charge in [-0.15, -0.1) is 0 Å². The number of hydrogen-bond acceptors (Lipinski definition) is 10. The molecule has 0 amide bonds. The number of methoxy groups -OCH3 is 1. The van der Waals surface area contributed by atoms with Crippen LogP contribution in [0.4, 0.5) is 0 Å². The van der Waals surface area contributed by atoms with Crippen LogP contribution in [0.3, 0.4) is 0 Å². The molecule has 17 unspecified atom stereocenters. The number of ether oxygens (including phenoxy) is 6. The molecule has 0 aromatic carbocycles. The number of aliphatic carboxylic acids is 1. The number of rotatable bonds is 10. The first-order valence-electron chi connectivity index (χ1n) is 18.1. The molecule has 0 aromatic heterocycles.